The third-order valence-electron chi connectivity index (χ3n) is 10.00. The summed E-state index contributed by atoms with van der Waals surface area (Å²) in [6.07, 6.45) is -0.466. The van der Waals surface area contributed by atoms with Crippen LogP contribution in [-0.4, -0.2) is 0 Å². The first-order chi connectivity index (χ1) is 30.7. The van der Waals surface area contributed by atoms with E-state index in [1.165, 1.54) is 0 Å². The van der Waals surface area contributed by atoms with Crippen LogP contribution in [0.25, 0.3) is 0 Å². The van der Waals surface area contributed by atoms with Gasteiger partial charge in [0.2, 0.25) is 0 Å². The maximum Gasteiger partial charge on any atom is 0.335 e. The number of hydrogen-bond donors (Lipinski definition) is 0. The van der Waals surface area contributed by atoms with Gasteiger partial charge in [0.25, 0.3) is 0 Å². The monoisotopic (exact) mass is 900 g/mol. The molecule has 0 fully saturated rings. The highest BCUT2D eigenvalue weighted by Crippen LogP contribution is 2.58. The van der Waals surface area contributed by atoms with Gasteiger partial charge in [-0.15, -0.1) is 0 Å². The number of benzene rings is 7. The van der Waals surface area contributed by atoms with Gasteiger partial charge in [-0.1, -0.05) is 200 Å². The number of hydrogen-bond acceptors (Lipinski definition) is 9. The van der Waals surface area contributed by atoms with Crippen molar-refractivity contribution in [2.45, 2.75) is 58.1 Å². The summed E-state index contributed by atoms with van der Waals surface area (Å²) in [5.41, 5.74) is 6.59. The molecule has 324 valence electrons. The van der Waals surface area contributed by atoms with Crippen LogP contribution < -0.4 is 0 Å². The molecule has 7 aromatic carbocycles. The normalized spacial score (nSPS) is 12.0. The van der Waals surface area contributed by atoms with E-state index in [0.29, 0.717) is 16.7 Å². The SMILES string of the molecule is O=P(Cc1ccc(CP(=O)(OCc2ccccc2)OCc2ccccc2)c(CP(=O)(OCc2ccccc2)OCc2ccccc2)c1)(OCc1ccccc1)OCc1ccccc1. The van der Waals surface area contributed by atoms with Gasteiger partial charge >= 0.3 is 22.8 Å². The van der Waals surface area contributed by atoms with Gasteiger partial charge in [0.15, 0.2) is 0 Å². The molecule has 0 aliphatic heterocycles. The second kappa shape index (κ2) is 23.1. The van der Waals surface area contributed by atoms with Crippen molar-refractivity contribution in [1.82, 2.24) is 0 Å². The third-order valence-corrected chi connectivity index (χ3v) is 15.3. The first kappa shape index (κ1) is 46.0. The Morgan fingerprint density at radius 3 is 0.762 bits per heavy atom. The fourth-order valence-electron chi connectivity index (χ4n) is 6.59. The summed E-state index contributed by atoms with van der Waals surface area (Å²) in [4.78, 5) is 0. The fraction of sp³-hybridized carbons (Fsp3) is 0.176. The molecule has 0 atom stereocenters. The van der Waals surface area contributed by atoms with Crippen LogP contribution in [-0.2, 0) is 99.0 Å². The summed E-state index contributed by atoms with van der Waals surface area (Å²) >= 11 is 0. The van der Waals surface area contributed by atoms with E-state index in [1.54, 1.807) is 18.2 Å². The average molecular weight is 901 g/mol. The van der Waals surface area contributed by atoms with Crippen molar-refractivity contribution in [1.29, 1.82) is 0 Å². The predicted molar refractivity (Wildman–Crippen MR) is 248 cm³/mol. The molecule has 0 unspecified atom stereocenters. The van der Waals surface area contributed by atoms with Crippen LogP contribution in [0.2, 0.25) is 0 Å². The van der Waals surface area contributed by atoms with E-state index in [1.807, 2.05) is 182 Å². The van der Waals surface area contributed by atoms with Crippen molar-refractivity contribution in [3.63, 3.8) is 0 Å². The summed E-state index contributed by atoms with van der Waals surface area (Å²) < 4.78 is 82.1. The van der Waals surface area contributed by atoms with E-state index in [0.717, 1.165) is 33.4 Å². The van der Waals surface area contributed by atoms with Crippen LogP contribution in [0.15, 0.2) is 200 Å². The zero-order chi connectivity index (χ0) is 43.6. The summed E-state index contributed by atoms with van der Waals surface area (Å²) in [6, 6.07) is 62.2. The molecule has 0 N–H and O–H groups in total. The molecule has 9 nitrogen and oxygen atoms in total. The Kier molecular flexibility index (Phi) is 16.8. The lowest BCUT2D eigenvalue weighted by Crippen LogP contribution is -2.07. The Morgan fingerprint density at radius 1 is 0.254 bits per heavy atom. The van der Waals surface area contributed by atoms with Crippen LogP contribution in [0, 0.1) is 0 Å². The average Bonchev–Trinajstić information content (AvgIpc) is 3.33. The van der Waals surface area contributed by atoms with Crippen molar-refractivity contribution in [3.8, 4) is 0 Å². The topological polar surface area (TPSA) is 107 Å². The van der Waals surface area contributed by atoms with E-state index >= 15 is 4.57 Å². The highest BCUT2D eigenvalue weighted by Gasteiger charge is 2.33. The van der Waals surface area contributed by atoms with Gasteiger partial charge in [0, 0.05) is 0 Å². The first-order valence-corrected chi connectivity index (χ1v) is 25.9. The Morgan fingerprint density at radius 2 is 0.492 bits per heavy atom. The molecule has 0 radical (unpaired) electrons. The summed E-state index contributed by atoms with van der Waals surface area (Å²) in [5.74, 6) is 0. The highest BCUT2D eigenvalue weighted by atomic mass is 31.2. The molecule has 7 aromatic rings. The van der Waals surface area contributed by atoms with Gasteiger partial charge < -0.3 is 27.1 Å². The largest absolute Gasteiger partial charge is 0.335 e. The number of rotatable bonds is 24. The molecular weight excluding hydrogens is 849 g/mol. The Hall–Kier alpha value is -5.01. The van der Waals surface area contributed by atoms with E-state index in [9.17, 15) is 9.13 Å². The standard InChI is InChI=1S/C51H51O9P3/c52-61(55-34-43-19-7-1-8-20-43,56-35-44-21-9-2-10-22-44)40-49-31-32-50(41-62(53,57-36-45-23-11-3-12-24-45)58-37-46-25-13-4-14-26-46)51(33-49)42-63(54,59-38-47-27-15-5-16-28-47)60-39-48-29-17-6-18-30-48/h1-33H,34-42H2. The molecule has 0 saturated heterocycles. The van der Waals surface area contributed by atoms with Gasteiger partial charge in [0.1, 0.15) is 0 Å². The Bertz CT molecular complexity index is 2440. The molecular formula is C51H51O9P3. The van der Waals surface area contributed by atoms with Crippen molar-refractivity contribution in [2.24, 2.45) is 0 Å². The smallest absolute Gasteiger partial charge is 0.304 e. The van der Waals surface area contributed by atoms with Crippen LogP contribution in [0.4, 0.5) is 0 Å². The van der Waals surface area contributed by atoms with Crippen LogP contribution >= 0.6 is 22.8 Å². The van der Waals surface area contributed by atoms with Crippen molar-refractivity contribution >= 4 is 22.8 Å². The maximum atomic E-state index is 15.1. The molecule has 0 amide bonds. The lowest BCUT2D eigenvalue weighted by molar-refractivity contribution is 0.188. The van der Waals surface area contributed by atoms with Crippen LogP contribution in [0.5, 0.6) is 0 Å². The molecule has 63 heavy (non-hydrogen) atoms. The van der Waals surface area contributed by atoms with Crippen LogP contribution in [0.1, 0.15) is 50.1 Å². The van der Waals surface area contributed by atoms with Crippen molar-refractivity contribution in [2.75, 3.05) is 0 Å². The Labute approximate surface area is 370 Å². The summed E-state index contributed by atoms with van der Waals surface area (Å²) in [5, 5.41) is 0. The predicted octanol–water partition coefficient (Wildman–Crippen LogP) is 14.1. The molecule has 0 aliphatic rings. The molecule has 0 heterocycles. The molecule has 0 aliphatic carbocycles. The van der Waals surface area contributed by atoms with Crippen LogP contribution in [0.3, 0.4) is 0 Å². The fourth-order valence-corrected chi connectivity index (χ4v) is 11.5. The van der Waals surface area contributed by atoms with E-state index in [-0.39, 0.29) is 58.1 Å². The first-order valence-electron chi connectivity index (χ1n) is 20.7. The van der Waals surface area contributed by atoms with E-state index in [4.69, 9.17) is 27.1 Å². The molecule has 0 bridgehead atoms. The van der Waals surface area contributed by atoms with E-state index < -0.39 is 22.8 Å². The van der Waals surface area contributed by atoms with Gasteiger partial charge in [-0.25, -0.2) is 0 Å². The van der Waals surface area contributed by atoms with Crippen molar-refractivity contribution < 1.29 is 40.8 Å². The van der Waals surface area contributed by atoms with E-state index in [2.05, 4.69) is 0 Å². The van der Waals surface area contributed by atoms with Crippen molar-refractivity contribution in [3.05, 3.63) is 250 Å². The lowest BCUT2D eigenvalue weighted by Gasteiger charge is -2.24. The second-order valence-corrected chi connectivity index (χ2v) is 21.1. The highest BCUT2D eigenvalue weighted by molar-refractivity contribution is 7.53. The minimum atomic E-state index is -3.97. The Balaban J connectivity index is 1.24. The second-order valence-electron chi connectivity index (χ2n) is 15.0. The summed E-state index contributed by atoms with van der Waals surface area (Å²) in [7, 11) is -11.7. The molecule has 0 saturated carbocycles. The van der Waals surface area contributed by atoms with Gasteiger partial charge in [-0.05, 0) is 50.1 Å². The third kappa shape index (κ3) is 15.1. The zero-order valence-electron chi connectivity index (χ0n) is 34.9. The van der Waals surface area contributed by atoms with Gasteiger partial charge in [0.05, 0.1) is 58.1 Å². The zero-order valence-corrected chi connectivity index (χ0v) is 37.6. The molecule has 0 aromatic heterocycles. The van der Waals surface area contributed by atoms with Gasteiger partial charge in [-0.3, -0.25) is 13.7 Å². The van der Waals surface area contributed by atoms with Gasteiger partial charge in [-0.2, -0.15) is 0 Å². The lowest BCUT2D eigenvalue weighted by atomic mass is 10.1. The minimum Gasteiger partial charge on any atom is -0.304 e. The summed E-state index contributed by atoms with van der Waals surface area (Å²) in [6.45, 7) is 0.260. The molecule has 12 heteroatoms. The minimum absolute atomic E-state index is 0.0245. The quantitative estimate of drug-likeness (QED) is 0.0548. The molecule has 7 rings (SSSR count). The maximum absolute atomic E-state index is 15.1. The molecule has 0 spiro atoms.